The zero-order chi connectivity index (χ0) is 11.3. The fraction of sp³-hybridized carbons (Fsp3) is 0.364. The van der Waals surface area contributed by atoms with E-state index in [2.05, 4.69) is 22.6 Å². The van der Waals surface area contributed by atoms with Gasteiger partial charge in [0.2, 0.25) is 0 Å². The van der Waals surface area contributed by atoms with Crippen LogP contribution < -0.4 is 9.47 Å². The first-order valence-electron chi connectivity index (χ1n) is 4.68. The second-order valence-electron chi connectivity index (χ2n) is 2.99. The maximum Gasteiger partial charge on any atom is 0.161 e. The van der Waals surface area contributed by atoms with Crippen molar-refractivity contribution in [2.75, 3.05) is 13.7 Å². The van der Waals surface area contributed by atoms with E-state index in [4.69, 9.17) is 9.47 Å². The number of carbonyl (C=O) groups excluding carboxylic acids is 1. The van der Waals surface area contributed by atoms with E-state index in [-0.39, 0.29) is 0 Å². The van der Waals surface area contributed by atoms with Gasteiger partial charge >= 0.3 is 0 Å². The molecule has 1 rings (SSSR count). The minimum Gasteiger partial charge on any atom is -0.493 e. The van der Waals surface area contributed by atoms with Crippen LogP contribution in [-0.2, 0) is 0 Å². The molecular formula is C11H13IO3. The first-order valence-corrected chi connectivity index (χ1v) is 5.76. The van der Waals surface area contributed by atoms with Gasteiger partial charge in [0.25, 0.3) is 0 Å². The number of benzene rings is 1. The molecule has 0 spiro atoms. The molecule has 0 heterocycles. The molecule has 1 aromatic carbocycles. The number of ether oxygens (including phenoxy) is 2. The first-order chi connectivity index (χ1) is 7.22. The van der Waals surface area contributed by atoms with Crippen molar-refractivity contribution in [1.82, 2.24) is 0 Å². The van der Waals surface area contributed by atoms with Gasteiger partial charge in [0, 0.05) is 9.13 Å². The number of hydrogen-bond acceptors (Lipinski definition) is 3. The fourth-order valence-corrected chi connectivity index (χ4v) is 1.69. The van der Waals surface area contributed by atoms with Crippen LogP contribution in [0.25, 0.3) is 0 Å². The van der Waals surface area contributed by atoms with E-state index in [0.717, 1.165) is 16.3 Å². The highest BCUT2D eigenvalue weighted by molar-refractivity contribution is 14.1. The van der Waals surface area contributed by atoms with Gasteiger partial charge in [-0.1, -0.05) is 6.92 Å². The highest BCUT2D eigenvalue weighted by atomic mass is 127. The predicted molar refractivity (Wildman–Crippen MR) is 66.9 cm³/mol. The van der Waals surface area contributed by atoms with Crippen LogP contribution in [0.2, 0.25) is 0 Å². The van der Waals surface area contributed by atoms with Crippen LogP contribution >= 0.6 is 22.6 Å². The highest BCUT2D eigenvalue weighted by Crippen LogP contribution is 2.31. The van der Waals surface area contributed by atoms with E-state index in [0.29, 0.717) is 23.7 Å². The Bertz CT molecular complexity index is 350. The highest BCUT2D eigenvalue weighted by Gasteiger charge is 2.09. The maximum absolute atomic E-state index is 10.8. The molecule has 15 heavy (non-hydrogen) atoms. The average Bonchev–Trinajstić information content (AvgIpc) is 2.26. The van der Waals surface area contributed by atoms with E-state index < -0.39 is 0 Å². The molecule has 0 aromatic heterocycles. The molecule has 0 bridgehead atoms. The molecule has 0 unspecified atom stereocenters. The van der Waals surface area contributed by atoms with Gasteiger partial charge in [-0.15, -0.1) is 0 Å². The Hall–Kier alpha value is -0.780. The van der Waals surface area contributed by atoms with Crippen molar-refractivity contribution >= 4 is 28.9 Å². The van der Waals surface area contributed by atoms with Crippen molar-refractivity contribution in [3.63, 3.8) is 0 Å². The molecule has 0 aliphatic heterocycles. The van der Waals surface area contributed by atoms with Gasteiger partial charge < -0.3 is 9.47 Å². The first kappa shape index (κ1) is 12.3. The molecule has 3 nitrogen and oxygen atoms in total. The molecule has 0 aliphatic carbocycles. The second-order valence-corrected chi connectivity index (χ2v) is 4.15. The number of halogens is 1. The third-order valence-corrected chi connectivity index (χ3v) is 2.81. The van der Waals surface area contributed by atoms with Crippen molar-refractivity contribution in [2.24, 2.45) is 0 Å². The van der Waals surface area contributed by atoms with E-state index in [9.17, 15) is 4.79 Å². The zero-order valence-corrected chi connectivity index (χ0v) is 10.9. The van der Waals surface area contributed by atoms with Crippen molar-refractivity contribution < 1.29 is 14.3 Å². The zero-order valence-electron chi connectivity index (χ0n) is 8.75. The topological polar surface area (TPSA) is 35.5 Å². The van der Waals surface area contributed by atoms with Crippen LogP contribution in [0.15, 0.2) is 12.1 Å². The maximum atomic E-state index is 10.8. The predicted octanol–water partition coefficient (Wildman–Crippen LogP) is 2.90. The number of rotatable bonds is 5. The van der Waals surface area contributed by atoms with Gasteiger partial charge in [0.05, 0.1) is 13.7 Å². The van der Waals surface area contributed by atoms with Gasteiger partial charge in [0.1, 0.15) is 0 Å². The lowest BCUT2D eigenvalue weighted by Gasteiger charge is -2.11. The van der Waals surface area contributed by atoms with Crippen molar-refractivity contribution in [1.29, 1.82) is 0 Å². The standard InChI is InChI=1S/C11H13IO3/c1-3-4-15-11-5-8(7-13)9(12)6-10(11)14-2/h5-7H,3-4H2,1-2H3. The second kappa shape index (κ2) is 5.95. The molecule has 0 atom stereocenters. The van der Waals surface area contributed by atoms with E-state index in [1.54, 1.807) is 19.2 Å². The van der Waals surface area contributed by atoms with Gasteiger partial charge in [-0.2, -0.15) is 0 Å². The molecule has 82 valence electrons. The molecular weight excluding hydrogens is 307 g/mol. The van der Waals surface area contributed by atoms with Crippen LogP contribution in [-0.4, -0.2) is 20.0 Å². The molecule has 0 fully saturated rings. The van der Waals surface area contributed by atoms with E-state index in [1.165, 1.54) is 0 Å². The Balaban J connectivity index is 3.04. The van der Waals surface area contributed by atoms with Gasteiger partial charge in [-0.25, -0.2) is 0 Å². The molecule has 0 aliphatic rings. The van der Waals surface area contributed by atoms with Gasteiger partial charge in [-0.05, 0) is 41.1 Å². The van der Waals surface area contributed by atoms with E-state index in [1.807, 2.05) is 6.92 Å². The molecule has 0 saturated carbocycles. The van der Waals surface area contributed by atoms with Crippen molar-refractivity contribution in [3.8, 4) is 11.5 Å². The number of carbonyl (C=O) groups is 1. The summed E-state index contributed by atoms with van der Waals surface area (Å²) in [4.78, 5) is 10.8. The summed E-state index contributed by atoms with van der Waals surface area (Å²) in [5.74, 6) is 1.29. The Morgan fingerprint density at radius 2 is 2.13 bits per heavy atom. The Morgan fingerprint density at radius 3 is 2.67 bits per heavy atom. The summed E-state index contributed by atoms with van der Waals surface area (Å²) in [6.45, 7) is 2.65. The molecule has 0 N–H and O–H groups in total. The van der Waals surface area contributed by atoms with Crippen LogP contribution in [0.5, 0.6) is 11.5 Å². The summed E-state index contributed by atoms with van der Waals surface area (Å²) in [6, 6.07) is 3.51. The fourth-order valence-electron chi connectivity index (χ4n) is 1.13. The number of methoxy groups -OCH3 is 1. The average molecular weight is 320 g/mol. The molecule has 1 aromatic rings. The van der Waals surface area contributed by atoms with Crippen LogP contribution in [0.3, 0.4) is 0 Å². The third-order valence-electron chi connectivity index (χ3n) is 1.87. The summed E-state index contributed by atoms with van der Waals surface area (Å²) in [5, 5.41) is 0. The monoisotopic (exact) mass is 320 g/mol. The Kier molecular flexibility index (Phi) is 4.87. The SMILES string of the molecule is CCCOc1cc(C=O)c(I)cc1OC. The lowest BCUT2D eigenvalue weighted by Crippen LogP contribution is -2.00. The normalized spacial score (nSPS) is 9.80. The van der Waals surface area contributed by atoms with Crippen molar-refractivity contribution in [2.45, 2.75) is 13.3 Å². The Labute approximate surface area is 103 Å². The molecule has 0 radical (unpaired) electrons. The van der Waals surface area contributed by atoms with Gasteiger partial charge in [-0.3, -0.25) is 4.79 Å². The third kappa shape index (κ3) is 3.09. The largest absolute Gasteiger partial charge is 0.493 e. The van der Waals surface area contributed by atoms with Crippen LogP contribution in [0, 0.1) is 3.57 Å². The smallest absolute Gasteiger partial charge is 0.161 e. The number of aldehydes is 1. The van der Waals surface area contributed by atoms with E-state index >= 15 is 0 Å². The summed E-state index contributed by atoms with van der Waals surface area (Å²) in [7, 11) is 1.59. The minimum absolute atomic E-state index is 0.620. The van der Waals surface area contributed by atoms with Gasteiger partial charge in [0.15, 0.2) is 17.8 Å². The van der Waals surface area contributed by atoms with Crippen LogP contribution in [0.1, 0.15) is 23.7 Å². The Morgan fingerprint density at radius 1 is 1.40 bits per heavy atom. The lowest BCUT2D eigenvalue weighted by molar-refractivity contribution is 0.112. The van der Waals surface area contributed by atoms with Crippen LogP contribution in [0.4, 0.5) is 0 Å². The number of hydrogen-bond donors (Lipinski definition) is 0. The quantitative estimate of drug-likeness (QED) is 0.618. The summed E-state index contributed by atoms with van der Waals surface area (Å²) in [5.41, 5.74) is 0.627. The summed E-state index contributed by atoms with van der Waals surface area (Å²) < 4.78 is 11.5. The minimum atomic E-state index is 0.620. The van der Waals surface area contributed by atoms with Crippen molar-refractivity contribution in [3.05, 3.63) is 21.3 Å². The summed E-state index contributed by atoms with van der Waals surface area (Å²) >= 11 is 2.10. The molecule has 0 saturated heterocycles. The lowest BCUT2D eigenvalue weighted by atomic mass is 10.2. The summed E-state index contributed by atoms with van der Waals surface area (Å²) in [6.07, 6.45) is 1.74. The molecule has 4 heteroatoms. The molecule has 0 amide bonds.